The second-order valence-corrected chi connectivity index (χ2v) is 8.21. The first-order chi connectivity index (χ1) is 15.3. The topological polar surface area (TPSA) is 58.6 Å². The van der Waals surface area contributed by atoms with Crippen molar-refractivity contribution in [2.75, 3.05) is 17.3 Å². The zero-order valence-electron chi connectivity index (χ0n) is 18.3. The molecular formula is C26H23ClN2O3. The molecule has 0 radical (unpaired) electrons. The lowest BCUT2D eigenvalue weighted by Gasteiger charge is -2.16. The maximum atomic E-state index is 13.6. The van der Waals surface area contributed by atoms with Crippen molar-refractivity contribution in [2.24, 2.45) is 0 Å². The van der Waals surface area contributed by atoms with Gasteiger partial charge in [-0.15, -0.1) is 0 Å². The predicted octanol–water partition coefficient (Wildman–Crippen LogP) is 5.67. The lowest BCUT2D eigenvalue weighted by Crippen LogP contribution is -2.32. The van der Waals surface area contributed by atoms with Crippen molar-refractivity contribution in [2.45, 2.75) is 20.8 Å². The van der Waals surface area contributed by atoms with Crippen LogP contribution in [0.15, 0.2) is 66.4 Å². The summed E-state index contributed by atoms with van der Waals surface area (Å²) in [5.74, 6) is -0.270. The Balaban J connectivity index is 1.86. The number of ether oxygens (including phenoxy) is 1. The number of aryl methyl sites for hydroxylation is 3. The molecule has 0 spiro atoms. The Morgan fingerprint density at radius 3 is 2.34 bits per heavy atom. The monoisotopic (exact) mass is 446 g/mol. The van der Waals surface area contributed by atoms with Crippen molar-refractivity contribution in [3.63, 3.8) is 0 Å². The molecule has 32 heavy (non-hydrogen) atoms. The van der Waals surface area contributed by atoms with E-state index in [4.69, 9.17) is 16.3 Å². The third-order valence-electron chi connectivity index (χ3n) is 5.49. The fourth-order valence-corrected chi connectivity index (χ4v) is 3.97. The molecule has 162 valence electrons. The molecule has 5 nitrogen and oxygen atoms in total. The third kappa shape index (κ3) is 3.87. The summed E-state index contributed by atoms with van der Waals surface area (Å²) < 4.78 is 5.28. The normalized spacial score (nSPS) is 13.7. The van der Waals surface area contributed by atoms with Crippen molar-refractivity contribution in [3.8, 4) is 5.75 Å². The van der Waals surface area contributed by atoms with Gasteiger partial charge in [-0.05, 0) is 61.7 Å². The fraction of sp³-hybridized carbons (Fsp3) is 0.154. The number of carbonyl (C=O) groups is 2. The standard InChI is InChI=1S/C26H23ClN2O3/c1-15-8-11-21(17(3)12-15)23-24(28-18-10-9-16(2)22(27)13-18)26(31)29(25(23)30)19-6-5-7-20(14-19)32-4/h5-14,28H,1-4H3. The molecule has 3 aromatic rings. The van der Waals surface area contributed by atoms with Gasteiger partial charge in [0.1, 0.15) is 11.4 Å². The highest BCUT2D eigenvalue weighted by Gasteiger charge is 2.40. The second-order valence-electron chi connectivity index (χ2n) is 7.80. The first kappa shape index (κ1) is 21.7. The predicted molar refractivity (Wildman–Crippen MR) is 128 cm³/mol. The minimum atomic E-state index is -0.435. The van der Waals surface area contributed by atoms with Gasteiger partial charge in [-0.3, -0.25) is 9.59 Å². The first-order valence-corrected chi connectivity index (χ1v) is 10.6. The Kier molecular flexibility index (Phi) is 5.76. The number of nitrogens with one attached hydrogen (secondary N) is 1. The van der Waals surface area contributed by atoms with Crippen molar-refractivity contribution in [1.82, 2.24) is 0 Å². The van der Waals surface area contributed by atoms with Gasteiger partial charge < -0.3 is 10.1 Å². The van der Waals surface area contributed by atoms with Crippen molar-refractivity contribution in [1.29, 1.82) is 0 Å². The number of methoxy groups -OCH3 is 1. The summed E-state index contributed by atoms with van der Waals surface area (Å²) in [6, 6.07) is 18.1. The van der Waals surface area contributed by atoms with Gasteiger partial charge in [0.05, 0.1) is 18.4 Å². The highest BCUT2D eigenvalue weighted by Crippen LogP contribution is 2.36. The maximum Gasteiger partial charge on any atom is 0.282 e. The largest absolute Gasteiger partial charge is 0.497 e. The van der Waals surface area contributed by atoms with Crippen LogP contribution < -0.4 is 15.0 Å². The van der Waals surface area contributed by atoms with Crippen LogP contribution >= 0.6 is 11.6 Å². The van der Waals surface area contributed by atoms with Crippen LogP contribution in [0.4, 0.5) is 11.4 Å². The lowest BCUT2D eigenvalue weighted by molar-refractivity contribution is -0.120. The average molecular weight is 447 g/mol. The smallest absolute Gasteiger partial charge is 0.282 e. The molecule has 4 rings (SSSR count). The maximum absolute atomic E-state index is 13.6. The minimum absolute atomic E-state index is 0.213. The molecule has 0 saturated carbocycles. The van der Waals surface area contributed by atoms with Crippen LogP contribution in [0.1, 0.15) is 22.3 Å². The Bertz CT molecular complexity index is 1280. The molecule has 0 atom stereocenters. The fourth-order valence-electron chi connectivity index (χ4n) is 3.79. The first-order valence-electron chi connectivity index (χ1n) is 10.2. The van der Waals surface area contributed by atoms with Gasteiger partial charge in [-0.2, -0.15) is 0 Å². The molecule has 1 N–H and O–H groups in total. The van der Waals surface area contributed by atoms with Crippen LogP contribution in [0.3, 0.4) is 0 Å². The average Bonchev–Trinajstić information content (AvgIpc) is 3.00. The van der Waals surface area contributed by atoms with E-state index in [-0.39, 0.29) is 5.70 Å². The Hall–Kier alpha value is -3.57. The summed E-state index contributed by atoms with van der Waals surface area (Å²) >= 11 is 6.29. The van der Waals surface area contributed by atoms with Crippen LogP contribution in [0.5, 0.6) is 5.75 Å². The molecule has 3 aromatic carbocycles. The van der Waals surface area contributed by atoms with Crippen LogP contribution in [-0.4, -0.2) is 18.9 Å². The summed E-state index contributed by atoms with van der Waals surface area (Å²) in [7, 11) is 1.54. The molecule has 1 heterocycles. The van der Waals surface area contributed by atoms with Gasteiger partial charge >= 0.3 is 0 Å². The van der Waals surface area contributed by atoms with E-state index in [1.54, 1.807) is 37.4 Å². The number of carbonyl (C=O) groups excluding carboxylic acids is 2. The molecule has 2 amide bonds. The Morgan fingerprint density at radius 2 is 1.66 bits per heavy atom. The minimum Gasteiger partial charge on any atom is -0.497 e. The van der Waals surface area contributed by atoms with Crippen LogP contribution in [0, 0.1) is 20.8 Å². The molecule has 0 saturated heterocycles. The van der Waals surface area contributed by atoms with E-state index in [1.165, 1.54) is 4.90 Å². The van der Waals surface area contributed by atoms with Crippen molar-refractivity contribution < 1.29 is 14.3 Å². The molecule has 1 aliphatic heterocycles. The second kappa shape index (κ2) is 8.52. The van der Waals surface area contributed by atoms with Gasteiger partial charge in [0.15, 0.2) is 0 Å². The molecule has 0 aromatic heterocycles. The molecule has 1 aliphatic rings. The van der Waals surface area contributed by atoms with Gasteiger partial charge in [0.2, 0.25) is 0 Å². The molecule has 0 aliphatic carbocycles. The number of hydrogen-bond acceptors (Lipinski definition) is 4. The third-order valence-corrected chi connectivity index (χ3v) is 5.90. The van der Waals surface area contributed by atoms with Gasteiger partial charge in [-0.25, -0.2) is 4.90 Å². The summed E-state index contributed by atoms with van der Waals surface area (Å²) in [6.07, 6.45) is 0. The van der Waals surface area contributed by atoms with Gasteiger partial charge in [0.25, 0.3) is 11.8 Å². The quantitative estimate of drug-likeness (QED) is 0.513. The zero-order valence-corrected chi connectivity index (χ0v) is 19.1. The lowest BCUT2D eigenvalue weighted by atomic mass is 9.97. The van der Waals surface area contributed by atoms with E-state index in [0.29, 0.717) is 33.3 Å². The van der Waals surface area contributed by atoms with E-state index >= 15 is 0 Å². The number of benzene rings is 3. The number of amides is 2. The molecule has 0 unspecified atom stereocenters. The van der Waals surface area contributed by atoms with Gasteiger partial charge in [-0.1, -0.05) is 47.5 Å². The Morgan fingerprint density at radius 1 is 0.875 bits per heavy atom. The summed E-state index contributed by atoms with van der Waals surface area (Å²) in [6.45, 7) is 5.83. The summed E-state index contributed by atoms with van der Waals surface area (Å²) in [5, 5.41) is 3.73. The van der Waals surface area contributed by atoms with E-state index in [0.717, 1.165) is 16.7 Å². The number of halogens is 1. The molecule has 0 bridgehead atoms. The number of imide groups is 1. The molecule has 6 heteroatoms. The highest BCUT2D eigenvalue weighted by molar-refractivity contribution is 6.46. The van der Waals surface area contributed by atoms with Crippen LogP contribution in [0.25, 0.3) is 5.57 Å². The summed E-state index contributed by atoms with van der Waals surface area (Å²) in [4.78, 5) is 28.3. The zero-order chi connectivity index (χ0) is 23.0. The van der Waals surface area contributed by atoms with Crippen molar-refractivity contribution in [3.05, 3.63) is 93.6 Å². The summed E-state index contributed by atoms with van der Waals surface area (Å²) in [5.41, 5.74) is 5.24. The van der Waals surface area contributed by atoms with E-state index in [2.05, 4.69) is 5.32 Å². The number of nitrogens with zero attached hydrogens (tertiary/aromatic N) is 1. The number of rotatable bonds is 5. The van der Waals surface area contributed by atoms with Crippen LogP contribution in [0.2, 0.25) is 5.02 Å². The van der Waals surface area contributed by atoms with E-state index < -0.39 is 11.8 Å². The highest BCUT2D eigenvalue weighted by atomic mass is 35.5. The molecular weight excluding hydrogens is 424 g/mol. The van der Waals surface area contributed by atoms with Crippen molar-refractivity contribution >= 4 is 40.4 Å². The number of anilines is 2. The SMILES string of the molecule is COc1cccc(N2C(=O)C(Nc3ccc(C)c(Cl)c3)=C(c3ccc(C)cc3C)C2=O)c1. The molecule has 0 fully saturated rings. The van der Waals surface area contributed by atoms with E-state index in [9.17, 15) is 9.59 Å². The van der Waals surface area contributed by atoms with Gasteiger partial charge in [0, 0.05) is 16.8 Å². The van der Waals surface area contributed by atoms with Crippen LogP contribution in [-0.2, 0) is 9.59 Å². The number of hydrogen-bond donors (Lipinski definition) is 1. The Labute approximate surface area is 192 Å². The van der Waals surface area contributed by atoms with E-state index in [1.807, 2.05) is 51.1 Å².